The second-order valence-corrected chi connectivity index (χ2v) is 6.00. The van der Waals surface area contributed by atoms with Gasteiger partial charge in [0.25, 0.3) is 0 Å². The smallest absolute Gasteiger partial charge is 0.336 e. The monoisotopic (exact) mass is 356 g/mol. The molecular weight excluding hydrogens is 344 g/mol. The van der Waals surface area contributed by atoms with E-state index in [0.29, 0.717) is 21.9 Å². The van der Waals surface area contributed by atoms with Gasteiger partial charge in [-0.15, -0.1) is 0 Å². The normalized spacial score (nSPS) is 14.6. The Labute approximate surface area is 145 Å². The van der Waals surface area contributed by atoms with E-state index in [9.17, 15) is 39.6 Å². The summed E-state index contributed by atoms with van der Waals surface area (Å²) < 4.78 is 0. The molecule has 132 valence electrons. The first kappa shape index (κ1) is 17.2. The average molecular weight is 356 g/mol. The molecule has 0 saturated carbocycles. The number of carboxylic acids is 4. The van der Waals surface area contributed by atoms with E-state index in [-0.39, 0.29) is 12.0 Å². The molecule has 2 aromatic carbocycles. The summed E-state index contributed by atoms with van der Waals surface area (Å²) in [7, 11) is 0. The number of fused-ring (bicyclic) bond motifs is 2. The minimum Gasteiger partial charge on any atom is -0.480 e. The van der Waals surface area contributed by atoms with Gasteiger partial charge in [0.05, 0.1) is 11.1 Å². The zero-order valence-corrected chi connectivity index (χ0v) is 13.1. The maximum absolute atomic E-state index is 11.5. The quantitative estimate of drug-likeness (QED) is 0.607. The van der Waals surface area contributed by atoms with Crippen LogP contribution in [0.15, 0.2) is 30.3 Å². The van der Waals surface area contributed by atoms with E-state index < -0.39 is 34.9 Å². The Morgan fingerprint density at radius 2 is 1.27 bits per heavy atom. The lowest BCUT2D eigenvalue weighted by Crippen LogP contribution is -2.40. The molecule has 3 rings (SSSR count). The molecule has 8 heteroatoms. The van der Waals surface area contributed by atoms with Gasteiger partial charge in [0, 0.05) is 6.42 Å². The second-order valence-electron chi connectivity index (χ2n) is 6.00. The van der Waals surface area contributed by atoms with E-state index in [4.69, 9.17) is 0 Å². The lowest BCUT2D eigenvalue weighted by atomic mass is 9.75. The van der Waals surface area contributed by atoms with Gasteiger partial charge in [-0.2, -0.15) is 0 Å². The fourth-order valence-corrected chi connectivity index (χ4v) is 3.05. The lowest BCUT2D eigenvalue weighted by molar-refractivity contribution is -0.160. The van der Waals surface area contributed by atoms with Crippen molar-refractivity contribution in [1.29, 1.82) is 0 Å². The van der Waals surface area contributed by atoms with Crippen LogP contribution in [0.1, 0.15) is 31.8 Å². The number of benzene rings is 2. The molecule has 2 aromatic rings. The van der Waals surface area contributed by atoms with Crippen LogP contribution in [0.5, 0.6) is 0 Å². The first-order valence-electron chi connectivity index (χ1n) is 7.39. The predicted molar refractivity (Wildman–Crippen MR) is 88.3 cm³/mol. The van der Waals surface area contributed by atoms with Gasteiger partial charge in [-0.1, -0.05) is 18.2 Å². The molecule has 0 heterocycles. The van der Waals surface area contributed by atoms with Crippen molar-refractivity contribution < 1.29 is 39.6 Å². The van der Waals surface area contributed by atoms with Gasteiger partial charge >= 0.3 is 23.9 Å². The highest BCUT2D eigenvalue weighted by atomic mass is 16.4. The average Bonchev–Trinajstić information content (AvgIpc) is 2.57. The molecule has 0 unspecified atom stereocenters. The van der Waals surface area contributed by atoms with Crippen LogP contribution < -0.4 is 0 Å². The molecule has 0 bridgehead atoms. The van der Waals surface area contributed by atoms with Crippen LogP contribution >= 0.6 is 0 Å². The largest absolute Gasteiger partial charge is 0.480 e. The van der Waals surface area contributed by atoms with Gasteiger partial charge in [-0.25, -0.2) is 9.59 Å². The van der Waals surface area contributed by atoms with Crippen molar-refractivity contribution in [1.82, 2.24) is 0 Å². The van der Waals surface area contributed by atoms with Crippen molar-refractivity contribution in [2.24, 2.45) is 5.41 Å². The fraction of sp³-hybridized carbons (Fsp3) is 0.111. The molecule has 0 aliphatic heterocycles. The Bertz CT molecular complexity index is 1020. The number of carbonyl (C=O) groups is 4. The molecule has 0 amide bonds. The molecule has 0 spiro atoms. The predicted octanol–water partition coefficient (Wildman–Crippen LogP) is 1.96. The van der Waals surface area contributed by atoms with Crippen molar-refractivity contribution in [2.45, 2.75) is 6.42 Å². The SMILES string of the molecule is O=C(O)c1cc2cc3c(cc2cc1C(=O)O)CC(C(=O)O)(C(=O)O)C=C3. The van der Waals surface area contributed by atoms with Crippen LogP contribution in [0.25, 0.3) is 16.8 Å². The summed E-state index contributed by atoms with van der Waals surface area (Å²) in [4.78, 5) is 45.6. The number of aromatic carboxylic acids is 2. The van der Waals surface area contributed by atoms with Crippen molar-refractivity contribution >= 4 is 40.7 Å². The van der Waals surface area contributed by atoms with E-state index in [1.54, 1.807) is 6.07 Å². The highest BCUT2D eigenvalue weighted by Gasteiger charge is 2.46. The van der Waals surface area contributed by atoms with Crippen LogP contribution in [0.4, 0.5) is 0 Å². The Morgan fingerprint density at radius 1 is 0.769 bits per heavy atom. The highest BCUT2D eigenvalue weighted by Crippen LogP contribution is 2.36. The number of rotatable bonds is 4. The van der Waals surface area contributed by atoms with E-state index >= 15 is 0 Å². The van der Waals surface area contributed by atoms with Crippen LogP contribution in [-0.2, 0) is 16.0 Å². The lowest BCUT2D eigenvalue weighted by Gasteiger charge is -2.26. The summed E-state index contributed by atoms with van der Waals surface area (Å²) in [5, 5.41) is 37.9. The molecule has 0 saturated heterocycles. The van der Waals surface area contributed by atoms with Gasteiger partial charge in [0.15, 0.2) is 5.41 Å². The van der Waals surface area contributed by atoms with Crippen LogP contribution in [0.3, 0.4) is 0 Å². The fourth-order valence-electron chi connectivity index (χ4n) is 3.05. The van der Waals surface area contributed by atoms with E-state index in [0.717, 1.165) is 6.08 Å². The molecule has 4 N–H and O–H groups in total. The van der Waals surface area contributed by atoms with E-state index in [2.05, 4.69) is 0 Å². The molecular formula is C18H12O8. The van der Waals surface area contributed by atoms with Gasteiger partial charge in [-0.3, -0.25) is 9.59 Å². The first-order valence-corrected chi connectivity index (χ1v) is 7.39. The standard InChI is InChI=1S/C18H12O8/c19-14(20)12-5-9-3-8-1-2-18(16(23)24,17(25)26)7-11(8)4-10(9)6-13(12)15(21)22/h1-6H,7H2,(H,19,20)(H,21,22)(H,23,24)(H,25,26). The molecule has 1 aliphatic rings. The molecule has 8 nitrogen and oxygen atoms in total. The Hall–Kier alpha value is -3.68. The molecule has 26 heavy (non-hydrogen) atoms. The topological polar surface area (TPSA) is 149 Å². The molecule has 0 radical (unpaired) electrons. The molecule has 0 aromatic heterocycles. The third kappa shape index (κ3) is 2.48. The van der Waals surface area contributed by atoms with Gasteiger partial charge < -0.3 is 20.4 Å². The third-order valence-electron chi connectivity index (χ3n) is 4.48. The zero-order chi connectivity index (χ0) is 19.2. The maximum atomic E-state index is 11.5. The minimum absolute atomic E-state index is 0.303. The highest BCUT2D eigenvalue weighted by molar-refractivity contribution is 6.07. The summed E-state index contributed by atoms with van der Waals surface area (Å²) in [5.74, 6) is -5.79. The third-order valence-corrected chi connectivity index (χ3v) is 4.48. The zero-order valence-electron chi connectivity index (χ0n) is 13.1. The summed E-state index contributed by atoms with van der Waals surface area (Å²) in [6, 6.07) is 5.48. The molecule has 0 fully saturated rings. The number of aliphatic carboxylic acids is 2. The summed E-state index contributed by atoms with van der Waals surface area (Å²) in [6.45, 7) is 0. The summed E-state index contributed by atoms with van der Waals surface area (Å²) in [6.07, 6.45) is 2.16. The van der Waals surface area contributed by atoms with Gasteiger partial charge in [0.1, 0.15) is 0 Å². The number of carboxylic acid groups (broad SMARTS) is 4. The minimum atomic E-state index is -2.10. The Morgan fingerprint density at radius 3 is 1.73 bits per heavy atom. The maximum Gasteiger partial charge on any atom is 0.336 e. The van der Waals surface area contributed by atoms with Crippen molar-refractivity contribution in [3.8, 4) is 0 Å². The summed E-state index contributed by atoms with van der Waals surface area (Å²) in [5.41, 5.74) is -1.90. The Balaban J connectivity index is 2.24. The van der Waals surface area contributed by atoms with Crippen molar-refractivity contribution in [3.63, 3.8) is 0 Å². The van der Waals surface area contributed by atoms with E-state index in [1.807, 2.05) is 0 Å². The van der Waals surface area contributed by atoms with Crippen molar-refractivity contribution in [3.05, 3.63) is 52.6 Å². The van der Waals surface area contributed by atoms with E-state index in [1.165, 1.54) is 24.3 Å². The van der Waals surface area contributed by atoms with Crippen LogP contribution in [0.2, 0.25) is 0 Å². The number of hydrogen-bond acceptors (Lipinski definition) is 4. The molecule has 1 aliphatic carbocycles. The Kier molecular flexibility index (Phi) is 3.76. The number of hydrogen-bond donors (Lipinski definition) is 4. The first-order chi connectivity index (χ1) is 12.2. The van der Waals surface area contributed by atoms with Crippen LogP contribution in [0, 0.1) is 5.41 Å². The molecule has 0 atom stereocenters. The van der Waals surface area contributed by atoms with Gasteiger partial charge in [-0.05, 0) is 40.1 Å². The van der Waals surface area contributed by atoms with Crippen molar-refractivity contribution in [2.75, 3.05) is 0 Å². The van der Waals surface area contributed by atoms with Gasteiger partial charge in [0.2, 0.25) is 0 Å². The summed E-state index contributed by atoms with van der Waals surface area (Å²) >= 11 is 0. The second kappa shape index (κ2) is 5.69. The van der Waals surface area contributed by atoms with Crippen LogP contribution in [-0.4, -0.2) is 44.3 Å².